The third-order valence-electron chi connectivity index (χ3n) is 3.43. The summed E-state index contributed by atoms with van der Waals surface area (Å²) in [6.45, 7) is 0. The van der Waals surface area contributed by atoms with E-state index in [0.717, 1.165) is 17.6 Å². The highest BCUT2D eigenvalue weighted by Crippen LogP contribution is 2.40. The highest BCUT2D eigenvalue weighted by Gasteiger charge is 2.37. The second-order valence-corrected chi connectivity index (χ2v) is 5.04. The third-order valence-corrected chi connectivity index (χ3v) is 3.43. The van der Waals surface area contributed by atoms with E-state index in [1.807, 2.05) is 30.5 Å². The van der Waals surface area contributed by atoms with Crippen molar-refractivity contribution in [1.82, 2.24) is 4.98 Å². The number of para-hydroxylation sites is 1. The first kappa shape index (κ1) is 15.7. The lowest BCUT2D eigenvalue weighted by Crippen LogP contribution is -2.10. The highest BCUT2D eigenvalue weighted by molar-refractivity contribution is 5.82. The predicted molar refractivity (Wildman–Crippen MR) is 86.9 cm³/mol. The van der Waals surface area contributed by atoms with Crippen LogP contribution in [-0.2, 0) is 5.92 Å². The van der Waals surface area contributed by atoms with Gasteiger partial charge in [-0.2, -0.15) is 8.78 Å². The lowest BCUT2D eigenvalue weighted by atomic mass is 10.1. The van der Waals surface area contributed by atoms with Crippen LogP contribution in [0.2, 0.25) is 0 Å². The molecule has 2 heterocycles. The van der Waals surface area contributed by atoms with Crippen molar-refractivity contribution in [3.8, 4) is 0 Å². The lowest BCUT2D eigenvalue weighted by Gasteiger charge is -2.05. The van der Waals surface area contributed by atoms with Gasteiger partial charge in [-0.1, -0.05) is 24.3 Å². The van der Waals surface area contributed by atoms with Gasteiger partial charge in [0.25, 0.3) is 5.69 Å². The Kier molecular flexibility index (Phi) is 3.99. The summed E-state index contributed by atoms with van der Waals surface area (Å²) in [6, 6.07) is 15.3. The molecule has 0 N–H and O–H groups in total. The molecule has 0 spiro atoms. The summed E-state index contributed by atoms with van der Waals surface area (Å²) < 4.78 is 26.0. The Morgan fingerprint density at radius 3 is 2.54 bits per heavy atom. The van der Waals surface area contributed by atoms with E-state index in [4.69, 9.17) is 0 Å². The zero-order chi connectivity index (χ0) is 17.2. The Bertz CT molecular complexity index is 877. The number of nitrogens with zero attached hydrogens (tertiary/aromatic N) is 3. The molecule has 3 aromatic rings. The van der Waals surface area contributed by atoms with Gasteiger partial charge in [-0.25, -0.2) is 0 Å². The van der Waals surface area contributed by atoms with Crippen molar-refractivity contribution in [2.45, 2.75) is 5.92 Å². The number of halogens is 2. The Morgan fingerprint density at radius 2 is 1.79 bits per heavy atom. The monoisotopic (exact) mass is 327 g/mol. The van der Waals surface area contributed by atoms with E-state index in [9.17, 15) is 18.9 Å². The van der Waals surface area contributed by atoms with Crippen molar-refractivity contribution in [1.29, 1.82) is 0 Å². The van der Waals surface area contributed by atoms with Crippen LogP contribution < -0.4 is 0 Å². The number of benzene rings is 2. The summed E-state index contributed by atoms with van der Waals surface area (Å²) in [5, 5.41) is 11.5. The van der Waals surface area contributed by atoms with Crippen molar-refractivity contribution < 1.29 is 13.7 Å². The number of hydrogen-bond donors (Lipinski definition) is 0. The first-order chi connectivity index (χ1) is 11.5. The van der Waals surface area contributed by atoms with Crippen LogP contribution in [0.5, 0.6) is 0 Å². The first-order valence-electron chi connectivity index (χ1n) is 6.99. The summed E-state index contributed by atoms with van der Waals surface area (Å²) in [7, 11) is 0. The molecule has 0 fully saturated rings. The van der Waals surface area contributed by atoms with Crippen LogP contribution in [0.3, 0.4) is 0 Å². The number of nitro groups is 1. The van der Waals surface area contributed by atoms with Crippen LogP contribution >= 0.6 is 0 Å². The Labute approximate surface area is 135 Å². The maximum Gasteiger partial charge on any atom is 0.310 e. The van der Waals surface area contributed by atoms with E-state index >= 15 is 0 Å². The third kappa shape index (κ3) is 3.10. The Hall–Kier alpha value is -3.22. The molecular weight excluding hydrogens is 316 g/mol. The summed E-state index contributed by atoms with van der Waals surface area (Å²) in [6.07, 6.45) is 2.30. The molecule has 0 radical (unpaired) electrons. The van der Waals surface area contributed by atoms with E-state index in [1.165, 1.54) is 11.5 Å². The molecule has 120 valence electrons. The van der Waals surface area contributed by atoms with Gasteiger partial charge in [-0.05, 0) is 18.2 Å². The van der Waals surface area contributed by atoms with Gasteiger partial charge in [-0.15, -0.1) is 0 Å². The number of fused-ring (bicyclic) bond motifs is 2. The van der Waals surface area contributed by atoms with Crippen LogP contribution in [0, 0.1) is 10.1 Å². The Morgan fingerprint density at radius 1 is 1.04 bits per heavy atom. The fourth-order valence-corrected chi connectivity index (χ4v) is 2.25. The maximum absolute atomic E-state index is 13.0. The van der Waals surface area contributed by atoms with Crippen LogP contribution in [0.1, 0.15) is 5.56 Å². The summed E-state index contributed by atoms with van der Waals surface area (Å²) in [5.41, 5.74) is 0.381. The number of pyridine rings is 1. The molecule has 1 aliphatic heterocycles. The van der Waals surface area contributed by atoms with Gasteiger partial charge in [0.15, 0.2) is 0 Å². The van der Waals surface area contributed by atoms with E-state index in [0.29, 0.717) is 6.21 Å². The Balaban J connectivity index is 0.000000149. The average molecular weight is 327 g/mol. The van der Waals surface area contributed by atoms with Gasteiger partial charge in [0.1, 0.15) is 0 Å². The molecule has 24 heavy (non-hydrogen) atoms. The second-order valence-electron chi connectivity index (χ2n) is 5.04. The van der Waals surface area contributed by atoms with Crippen molar-refractivity contribution >= 4 is 28.5 Å². The fourth-order valence-electron chi connectivity index (χ4n) is 2.25. The van der Waals surface area contributed by atoms with Crippen molar-refractivity contribution in [2.75, 3.05) is 0 Å². The number of rotatable bonds is 1. The van der Waals surface area contributed by atoms with E-state index in [1.54, 1.807) is 0 Å². The molecule has 1 aliphatic rings. The topological polar surface area (TPSA) is 68.4 Å². The van der Waals surface area contributed by atoms with Gasteiger partial charge < -0.3 is 0 Å². The SMILES string of the molecule is O=[N+]([O-])c1ccc2c(c1)C(F)(F)C=N2.c1ccc2ncccc2c1. The van der Waals surface area contributed by atoms with Gasteiger partial charge in [-0.3, -0.25) is 20.1 Å². The molecule has 4 rings (SSSR count). The van der Waals surface area contributed by atoms with Crippen molar-refractivity contribution in [2.24, 2.45) is 4.99 Å². The van der Waals surface area contributed by atoms with Crippen LogP contribution in [0.4, 0.5) is 20.2 Å². The minimum atomic E-state index is -3.19. The van der Waals surface area contributed by atoms with E-state index in [-0.39, 0.29) is 11.4 Å². The van der Waals surface area contributed by atoms with Gasteiger partial charge >= 0.3 is 5.92 Å². The second kappa shape index (κ2) is 6.11. The number of aliphatic imine (C=N–C) groups is 1. The molecule has 1 aromatic heterocycles. The molecule has 0 unspecified atom stereocenters. The largest absolute Gasteiger partial charge is 0.310 e. The van der Waals surface area contributed by atoms with Crippen molar-refractivity contribution in [3.63, 3.8) is 0 Å². The zero-order valence-corrected chi connectivity index (χ0v) is 12.3. The molecule has 0 aliphatic carbocycles. The first-order valence-corrected chi connectivity index (χ1v) is 6.99. The normalized spacial score (nSPS) is 13.9. The lowest BCUT2D eigenvalue weighted by molar-refractivity contribution is -0.385. The molecule has 7 heteroatoms. The molecule has 0 saturated heterocycles. The molecule has 5 nitrogen and oxygen atoms in total. The number of non-ortho nitro benzene ring substituents is 1. The molecule has 0 atom stereocenters. The minimum Gasteiger partial charge on any atom is -0.258 e. The van der Waals surface area contributed by atoms with Gasteiger partial charge in [0.2, 0.25) is 0 Å². The standard InChI is InChI=1S/C9H7N.C8H4F2N2O2/c1-2-6-9-8(4-1)5-3-7-10-9;9-8(10)4-11-7-2-1-5(12(13)14)3-6(7)8/h1-7H;1-4H. The van der Waals surface area contributed by atoms with E-state index in [2.05, 4.69) is 22.1 Å². The van der Waals surface area contributed by atoms with Crippen LogP contribution in [0.25, 0.3) is 10.9 Å². The molecule has 0 saturated carbocycles. The summed E-state index contributed by atoms with van der Waals surface area (Å²) >= 11 is 0. The molecule has 0 amide bonds. The molecule has 2 aromatic carbocycles. The maximum atomic E-state index is 13.0. The highest BCUT2D eigenvalue weighted by atomic mass is 19.3. The average Bonchev–Trinajstić information content (AvgIpc) is 2.90. The summed E-state index contributed by atoms with van der Waals surface area (Å²) in [5.74, 6) is -3.19. The number of hydrogen-bond acceptors (Lipinski definition) is 4. The minimum absolute atomic E-state index is 0.0839. The van der Waals surface area contributed by atoms with Gasteiger partial charge in [0, 0.05) is 23.7 Å². The smallest absolute Gasteiger partial charge is 0.258 e. The van der Waals surface area contributed by atoms with Crippen LogP contribution in [-0.4, -0.2) is 16.1 Å². The number of aromatic nitrogens is 1. The van der Waals surface area contributed by atoms with E-state index < -0.39 is 16.4 Å². The summed E-state index contributed by atoms with van der Waals surface area (Å²) in [4.78, 5) is 17.3. The van der Waals surface area contributed by atoms with Crippen LogP contribution in [0.15, 0.2) is 65.8 Å². The van der Waals surface area contributed by atoms with Crippen molar-refractivity contribution in [3.05, 3.63) is 76.5 Å². The number of alkyl halides is 2. The predicted octanol–water partition coefficient (Wildman–Crippen LogP) is 4.64. The zero-order valence-electron chi connectivity index (χ0n) is 12.3. The fraction of sp³-hybridized carbons (Fsp3) is 0.0588. The van der Waals surface area contributed by atoms with Gasteiger partial charge in [0.05, 0.1) is 27.9 Å². The number of nitro benzene ring substituents is 1. The molecule has 0 bridgehead atoms. The quantitative estimate of drug-likeness (QED) is 0.483. The molecular formula is C17H11F2N3O2.